The van der Waals surface area contributed by atoms with Crippen molar-refractivity contribution in [3.05, 3.63) is 18.1 Å². The van der Waals surface area contributed by atoms with E-state index in [4.69, 9.17) is 4.42 Å². The van der Waals surface area contributed by atoms with Crippen LogP contribution in [0.3, 0.4) is 0 Å². The Bertz CT molecular complexity index is 525. The van der Waals surface area contributed by atoms with Crippen LogP contribution in [0.5, 0.6) is 0 Å². The van der Waals surface area contributed by atoms with Crippen LogP contribution in [0, 0.1) is 0 Å². The molecule has 0 amide bonds. The van der Waals surface area contributed by atoms with Crippen LogP contribution < -0.4 is 10.2 Å². The van der Waals surface area contributed by atoms with E-state index in [1.54, 1.807) is 6.26 Å². The second kappa shape index (κ2) is 5.44. The van der Waals surface area contributed by atoms with Crippen LogP contribution in [0.4, 0.5) is 5.95 Å². The molecule has 0 aliphatic carbocycles. The lowest BCUT2D eigenvalue weighted by Crippen LogP contribution is -2.28. The smallest absolute Gasteiger partial charge is 0.245 e. The Morgan fingerprint density at radius 3 is 3.21 bits per heavy atom. The first-order valence-electron chi connectivity index (χ1n) is 6.83. The molecule has 2 aromatic heterocycles. The molecule has 0 saturated carbocycles. The van der Waals surface area contributed by atoms with Gasteiger partial charge in [0.2, 0.25) is 5.95 Å². The average Bonchev–Trinajstić information content (AvgIpc) is 3.01. The van der Waals surface area contributed by atoms with Gasteiger partial charge in [-0.2, -0.15) is 4.98 Å². The van der Waals surface area contributed by atoms with Gasteiger partial charge in [0.15, 0.2) is 5.82 Å². The second-order valence-corrected chi connectivity index (χ2v) is 4.69. The summed E-state index contributed by atoms with van der Waals surface area (Å²) >= 11 is 0. The maximum absolute atomic E-state index is 5.43. The monoisotopic (exact) mass is 261 g/mol. The summed E-state index contributed by atoms with van der Waals surface area (Å²) in [4.78, 5) is 6.81. The molecule has 6 heteroatoms. The standard InChI is InChI=1S/C13H19N5O/c1-2-11-10(4-9-19-11)12-15-13(17-16-12)18-7-3-5-14-6-8-18/h4,9,14H,2-3,5-8H2,1H3,(H,15,16,17). The minimum Gasteiger partial charge on any atom is -0.469 e. The minimum atomic E-state index is 0.780. The largest absolute Gasteiger partial charge is 0.469 e. The summed E-state index contributed by atoms with van der Waals surface area (Å²) in [7, 11) is 0. The van der Waals surface area contributed by atoms with E-state index >= 15 is 0 Å². The zero-order valence-corrected chi connectivity index (χ0v) is 11.1. The van der Waals surface area contributed by atoms with Gasteiger partial charge in [-0.05, 0) is 19.0 Å². The fraction of sp³-hybridized carbons (Fsp3) is 0.538. The third-order valence-corrected chi connectivity index (χ3v) is 3.42. The molecule has 6 nitrogen and oxygen atoms in total. The molecule has 102 valence electrons. The van der Waals surface area contributed by atoms with Crippen molar-refractivity contribution in [1.82, 2.24) is 20.5 Å². The lowest BCUT2D eigenvalue weighted by atomic mass is 10.2. The molecule has 1 aliphatic rings. The van der Waals surface area contributed by atoms with Gasteiger partial charge in [-0.25, -0.2) is 0 Å². The van der Waals surface area contributed by atoms with Gasteiger partial charge in [-0.15, -0.1) is 5.10 Å². The number of aromatic nitrogens is 3. The third-order valence-electron chi connectivity index (χ3n) is 3.42. The Kier molecular flexibility index (Phi) is 3.50. The summed E-state index contributed by atoms with van der Waals surface area (Å²) in [5.41, 5.74) is 1.01. The number of aromatic amines is 1. The highest BCUT2D eigenvalue weighted by Crippen LogP contribution is 2.23. The molecule has 2 N–H and O–H groups in total. The average molecular weight is 261 g/mol. The highest BCUT2D eigenvalue weighted by molar-refractivity contribution is 5.58. The van der Waals surface area contributed by atoms with Crippen LogP contribution in [0.15, 0.2) is 16.7 Å². The predicted molar refractivity (Wildman–Crippen MR) is 73.2 cm³/mol. The Balaban J connectivity index is 1.82. The molecule has 3 rings (SSSR count). The van der Waals surface area contributed by atoms with Gasteiger partial charge in [-0.1, -0.05) is 6.92 Å². The minimum absolute atomic E-state index is 0.780. The van der Waals surface area contributed by atoms with Crippen LogP contribution in [-0.2, 0) is 6.42 Å². The second-order valence-electron chi connectivity index (χ2n) is 4.69. The van der Waals surface area contributed by atoms with Gasteiger partial charge in [0.1, 0.15) is 5.76 Å². The Morgan fingerprint density at radius 2 is 2.32 bits per heavy atom. The maximum atomic E-state index is 5.43. The number of hydrogen-bond donors (Lipinski definition) is 2. The SMILES string of the molecule is CCc1occc1-c1nc(N2CCCNCC2)n[nH]1. The van der Waals surface area contributed by atoms with E-state index < -0.39 is 0 Å². The van der Waals surface area contributed by atoms with E-state index in [-0.39, 0.29) is 0 Å². The molecular weight excluding hydrogens is 242 g/mol. The van der Waals surface area contributed by atoms with E-state index in [0.29, 0.717) is 0 Å². The summed E-state index contributed by atoms with van der Waals surface area (Å²) in [5, 5.41) is 10.7. The number of H-pyrrole nitrogens is 1. The van der Waals surface area contributed by atoms with E-state index in [9.17, 15) is 0 Å². The zero-order chi connectivity index (χ0) is 13.1. The van der Waals surface area contributed by atoms with Crippen molar-refractivity contribution in [2.24, 2.45) is 0 Å². The first kappa shape index (κ1) is 12.2. The molecule has 19 heavy (non-hydrogen) atoms. The molecule has 0 aromatic carbocycles. The fourth-order valence-corrected chi connectivity index (χ4v) is 2.39. The van der Waals surface area contributed by atoms with Crippen LogP contribution in [0.2, 0.25) is 0 Å². The van der Waals surface area contributed by atoms with Crippen molar-refractivity contribution in [1.29, 1.82) is 0 Å². The first-order valence-corrected chi connectivity index (χ1v) is 6.83. The number of aryl methyl sites for hydroxylation is 1. The van der Waals surface area contributed by atoms with Crippen LogP contribution in [-0.4, -0.2) is 41.4 Å². The van der Waals surface area contributed by atoms with E-state index in [0.717, 1.165) is 62.1 Å². The van der Waals surface area contributed by atoms with Crippen molar-refractivity contribution in [3.8, 4) is 11.4 Å². The lowest BCUT2D eigenvalue weighted by molar-refractivity contribution is 0.517. The number of nitrogens with one attached hydrogen (secondary N) is 2. The Labute approximate surface area is 112 Å². The summed E-state index contributed by atoms with van der Waals surface area (Å²) in [5.74, 6) is 2.51. The fourth-order valence-electron chi connectivity index (χ4n) is 2.39. The quantitative estimate of drug-likeness (QED) is 0.874. The molecule has 2 aromatic rings. The van der Waals surface area contributed by atoms with Gasteiger partial charge in [0.25, 0.3) is 0 Å². The van der Waals surface area contributed by atoms with Crippen molar-refractivity contribution in [3.63, 3.8) is 0 Å². The van der Waals surface area contributed by atoms with E-state index in [2.05, 4.69) is 32.3 Å². The summed E-state index contributed by atoms with van der Waals surface area (Å²) in [6.45, 7) is 6.06. The molecule has 0 spiro atoms. The predicted octanol–water partition coefficient (Wildman–Crippen LogP) is 1.43. The van der Waals surface area contributed by atoms with E-state index in [1.807, 2.05) is 6.07 Å². The van der Waals surface area contributed by atoms with Crippen molar-refractivity contribution >= 4 is 5.95 Å². The molecule has 0 bridgehead atoms. The van der Waals surface area contributed by atoms with Gasteiger partial charge >= 0.3 is 0 Å². The van der Waals surface area contributed by atoms with Crippen LogP contribution in [0.25, 0.3) is 11.4 Å². The number of anilines is 1. The molecule has 3 heterocycles. The molecule has 1 saturated heterocycles. The molecule has 0 atom stereocenters. The molecular formula is C13H19N5O. The third kappa shape index (κ3) is 2.49. The van der Waals surface area contributed by atoms with Crippen molar-refractivity contribution in [2.75, 3.05) is 31.1 Å². The molecule has 1 aliphatic heterocycles. The molecule has 1 fully saturated rings. The maximum Gasteiger partial charge on any atom is 0.245 e. The van der Waals surface area contributed by atoms with E-state index in [1.165, 1.54) is 0 Å². The first-order chi connectivity index (χ1) is 9.38. The Hall–Kier alpha value is -1.82. The zero-order valence-electron chi connectivity index (χ0n) is 11.1. The normalized spacial score (nSPS) is 16.6. The van der Waals surface area contributed by atoms with Gasteiger partial charge in [-0.3, -0.25) is 5.10 Å². The molecule has 0 radical (unpaired) electrons. The number of furan rings is 1. The van der Waals surface area contributed by atoms with Crippen molar-refractivity contribution in [2.45, 2.75) is 19.8 Å². The summed E-state index contributed by atoms with van der Waals surface area (Å²) in [6.07, 6.45) is 3.67. The molecule has 0 unspecified atom stereocenters. The van der Waals surface area contributed by atoms with Crippen LogP contribution in [0.1, 0.15) is 19.1 Å². The topological polar surface area (TPSA) is 70.0 Å². The van der Waals surface area contributed by atoms with Gasteiger partial charge < -0.3 is 14.6 Å². The van der Waals surface area contributed by atoms with Crippen molar-refractivity contribution < 1.29 is 4.42 Å². The van der Waals surface area contributed by atoms with Crippen LogP contribution >= 0.6 is 0 Å². The summed E-state index contributed by atoms with van der Waals surface area (Å²) in [6, 6.07) is 1.94. The highest BCUT2D eigenvalue weighted by atomic mass is 16.3. The number of rotatable bonds is 3. The summed E-state index contributed by atoms with van der Waals surface area (Å²) < 4.78 is 5.43. The van der Waals surface area contributed by atoms with Gasteiger partial charge in [0.05, 0.1) is 11.8 Å². The Morgan fingerprint density at radius 1 is 1.37 bits per heavy atom. The number of hydrogen-bond acceptors (Lipinski definition) is 5. The number of nitrogens with zero attached hydrogens (tertiary/aromatic N) is 3. The highest BCUT2D eigenvalue weighted by Gasteiger charge is 2.16. The lowest BCUT2D eigenvalue weighted by Gasteiger charge is -2.16. The van der Waals surface area contributed by atoms with Gasteiger partial charge in [0, 0.05) is 26.1 Å².